The summed E-state index contributed by atoms with van der Waals surface area (Å²) in [5.74, 6) is 3.10. The average Bonchev–Trinajstić information content (AvgIpc) is 3.33. The normalized spacial score (nSPS) is 14.4. The van der Waals surface area contributed by atoms with E-state index in [-0.39, 0.29) is 11.8 Å². The second-order valence-corrected chi connectivity index (χ2v) is 7.32. The Morgan fingerprint density at radius 2 is 1.74 bits per heavy atom. The lowest BCUT2D eigenvalue weighted by molar-refractivity contribution is 0.0701. The van der Waals surface area contributed by atoms with E-state index in [2.05, 4.69) is 10.1 Å². The van der Waals surface area contributed by atoms with E-state index in [0.717, 1.165) is 24.2 Å². The summed E-state index contributed by atoms with van der Waals surface area (Å²) in [5.41, 5.74) is 1.37. The van der Waals surface area contributed by atoms with Crippen LogP contribution in [0.15, 0.2) is 47.0 Å². The first-order valence-corrected chi connectivity index (χ1v) is 10.1. The molecule has 31 heavy (non-hydrogen) atoms. The van der Waals surface area contributed by atoms with Crippen LogP contribution in [-0.4, -0.2) is 55.4 Å². The second kappa shape index (κ2) is 9.07. The molecule has 0 radical (unpaired) electrons. The molecular formula is C23H25N3O5. The molecule has 2 aromatic carbocycles. The van der Waals surface area contributed by atoms with Crippen molar-refractivity contribution in [1.29, 1.82) is 0 Å². The van der Waals surface area contributed by atoms with E-state index in [1.165, 1.54) is 0 Å². The lowest BCUT2D eigenvalue weighted by Crippen LogP contribution is -2.38. The monoisotopic (exact) mass is 423 g/mol. The molecule has 0 bridgehead atoms. The van der Waals surface area contributed by atoms with Crippen molar-refractivity contribution >= 4 is 5.91 Å². The van der Waals surface area contributed by atoms with Crippen LogP contribution < -0.4 is 14.2 Å². The van der Waals surface area contributed by atoms with Gasteiger partial charge in [-0.3, -0.25) is 4.79 Å². The Labute approximate surface area is 180 Å². The van der Waals surface area contributed by atoms with Gasteiger partial charge in [0.15, 0.2) is 0 Å². The van der Waals surface area contributed by atoms with Gasteiger partial charge in [0.1, 0.15) is 17.2 Å². The lowest BCUT2D eigenvalue weighted by Gasteiger charge is -2.30. The van der Waals surface area contributed by atoms with Crippen molar-refractivity contribution in [2.75, 3.05) is 34.4 Å². The van der Waals surface area contributed by atoms with E-state index < -0.39 is 0 Å². The van der Waals surface area contributed by atoms with Crippen molar-refractivity contribution < 1.29 is 23.5 Å². The smallest absolute Gasteiger partial charge is 0.257 e. The van der Waals surface area contributed by atoms with Crippen LogP contribution in [-0.2, 0) is 0 Å². The third-order valence-corrected chi connectivity index (χ3v) is 5.54. The number of rotatable bonds is 6. The number of aromatic nitrogens is 2. The molecule has 1 amide bonds. The summed E-state index contributed by atoms with van der Waals surface area (Å²) in [5, 5.41) is 4.13. The fraction of sp³-hybridized carbons (Fsp3) is 0.348. The Hall–Kier alpha value is -3.55. The van der Waals surface area contributed by atoms with Crippen molar-refractivity contribution in [3.8, 4) is 28.6 Å². The average molecular weight is 423 g/mol. The molecule has 1 fully saturated rings. The molecule has 1 aromatic heterocycles. The van der Waals surface area contributed by atoms with Crippen LogP contribution in [0.1, 0.15) is 35.0 Å². The van der Waals surface area contributed by atoms with Gasteiger partial charge in [0, 0.05) is 30.6 Å². The number of carbonyl (C=O) groups is 1. The largest absolute Gasteiger partial charge is 0.497 e. The Balaban J connectivity index is 1.42. The van der Waals surface area contributed by atoms with E-state index in [0.29, 0.717) is 41.9 Å². The predicted molar refractivity (Wildman–Crippen MR) is 114 cm³/mol. The van der Waals surface area contributed by atoms with Gasteiger partial charge in [-0.1, -0.05) is 17.3 Å². The second-order valence-electron chi connectivity index (χ2n) is 7.32. The molecule has 0 saturated carbocycles. The molecule has 1 aliphatic heterocycles. The maximum absolute atomic E-state index is 13.0. The molecule has 162 valence electrons. The summed E-state index contributed by atoms with van der Waals surface area (Å²) in [4.78, 5) is 19.4. The zero-order valence-corrected chi connectivity index (χ0v) is 17.8. The molecule has 2 heterocycles. The number of ether oxygens (including phenoxy) is 3. The highest BCUT2D eigenvalue weighted by Gasteiger charge is 2.29. The molecule has 3 aromatic rings. The van der Waals surface area contributed by atoms with Crippen molar-refractivity contribution in [3.63, 3.8) is 0 Å². The Morgan fingerprint density at radius 1 is 1.00 bits per heavy atom. The van der Waals surface area contributed by atoms with Crippen LogP contribution in [0, 0.1) is 0 Å². The molecule has 1 saturated heterocycles. The highest BCUT2D eigenvalue weighted by Crippen LogP contribution is 2.31. The number of amides is 1. The minimum absolute atomic E-state index is 0.0550. The van der Waals surface area contributed by atoms with Gasteiger partial charge in [-0.15, -0.1) is 0 Å². The lowest BCUT2D eigenvalue weighted by atomic mass is 9.96. The van der Waals surface area contributed by atoms with Crippen molar-refractivity contribution in [2.45, 2.75) is 18.8 Å². The van der Waals surface area contributed by atoms with Gasteiger partial charge in [-0.2, -0.15) is 4.98 Å². The van der Waals surface area contributed by atoms with Crippen molar-refractivity contribution in [2.24, 2.45) is 0 Å². The minimum atomic E-state index is -0.0550. The van der Waals surface area contributed by atoms with Crippen molar-refractivity contribution in [1.82, 2.24) is 15.0 Å². The summed E-state index contributed by atoms with van der Waals surface area (Å²) in [7, 11) is 4.75. The van der Waals surface area contributed by atoms with Crippen LogP contribution in [0.4, 0.5) is 0 Å². The molecule has 8 heteroatoms. The van der Waals surface area contributed by atoms with Crippen LogP contribution in [0.3, 0.4) is 0 Å². The van der Waals surface area contributed by atoms with E-state index in [1.54, 1.807) is 39.5 Å². The number of nitrogens with zero attached hydrogens (tertiary/aromatic N) is 3. The highest BCUT2D eigenvalue weighted by molar-refractivity contribution is 5.97. The van der Waals surface area contributed by atoms with Gasteiger partial charge < -0.3 is 23.6 Å². The highest BCUT2D eigenvalue weighted by atomic mass is 16.5. The number of carbonyl (C=O) groups excluding carboxylic acids is 1. The van der Waals surface area contributed by atoms with Crippen LogP contribution in [0.2, 0.25) is 0 Å². The number of piperidine rings is 1. The SMILES string of the molecule is COc1cccc(-c2noc(C3CCN(C(=O)c4ccc(OC)cc4OC)CC3)n2)c1. The quantitative estimate of drug-likeness (QED) is 0.596. The fourth-order valence-electron chi connectivity index (χ4n) is 3.76. The van der Waals surface area contributed by atoms with Crippen LogP contribution in [0.25, 0.3) is 11.4 Å². The van der Waals surface area contributed by atoms with Gasteiger partial charge in [0.2, 0.25) is 11.7 Å². The first kappa shape index (κ1) is 20.7. The number of benzene rings is 2. The molecule has 4 rings (SSSR count). The number of hydrogen-bond donors (Lipinski definition) is 0. The third-order valence-electron chi connectivity index (χ3n) is 5.54. The molecule has 0 atom stereocenters. The van der Waals surface area contributed by atoms with Gasteiger partial charge in [0.05, 0.1) is 26.9 Å². The Kier molecular flexibility index (Phi) is 6.06. The predicted octanol–water partition coefficient (Wildman–Crippen LogP) is 3.78. The zero-order valence-electron chi connectivity index (χ0n) is 17.8. The number of likely N-dealkylation sites (tertiary alicyclic amines) is 1. The Bertz CT molecular complexity index is 1060. The zero-order chi connectivity index (χ0) is 21.8. The maximum atomic E-state index is 13.0. The summed E-state index contributed by atoms with van der Waals surface area (Å²) in [6, 6.07) is 12.8. The standard InChI is InChI=1S/C23H25N3O5/c1-28-17-6-4-5-16(13-17)21-24-22(31-25-21)15-9-11-26(12-10-15)23(27)19-8-7-18(29-2)14-20(19)30-3/h4-8,13-15H,9-12H2,1-3H3. The maximum Gasteiger partial charge on any atom is 0.257 e. The molecular weight excluding hydrogens is 398 g/mol. The summed E-state index contributed by atoms with van der Waals surface area (Å²) in [6.45, 7) is 1.21. The van der Waals surface area contributed by atoms with E-state index in [1.807, 2.05) is 29.2 Å². The van der Waals surface area contributed by atoms with Crippen LogP contribution in [0.5, 0.6) is 17.2 Å². The first-order valence-electron chi connectivity index (χ1n) is 10.1. The number of methoxy groups -OCH3 is 3. The minimum Gasteiger partial charge on any atom is -0.497 e. The summed E-state index contributed by atoms with van der Waals surface area (Å²) < 4.78 is 21.4. The molecule has 0 N–H and O–H groups in total. The van der Waals surface area contributed by atoms with Crippen LogP contribution >= 0.6 is 0 Å². The van der Waals surface area contributed by atoms with E-state index in [9.17, 15) is 4.79 Å². The van der Waals surface area contributed by atoms with E-state index in [4.69, 9.17) is 18.7 Å². The Morgan fingerprint density at radius 3 is 2.45 bits per heavy atom. The topological polar surface area (TPSA) is 86.9 Å². The molecule has 8 nitrogen and oxygen atoms in total. The molecule has 0 spiro atoms. The van der Waals surface area contributed by atoms with Gasteiger partial charge in [-0.05, 0) is 37.1 Å². The third kappa shape index (κ3) is 4.33. The fourth-order valence-corrected chi connectivity index (χ4v) is 3.76. The molecule has 1 aliphatic rings. The van der Waals surface area contributed by atoms with Gasteiger partial charge in [0.25, 0.3) is 5.91 Å². The van der Waals surface area contributed by atoms with Gasteiger partial charge >= 0.3 is 0 Å². The summed E-state index contributed by atoms with van der Waals surface area (Å²) in [6.07, 6.45) is 1.51. The first-order chi connectivity index (χ1) is 15.1. The molecule has 0 unspecified atom stereocenters. The van der Waals surface area contributed by atoms with Crippen molar-refractivity contribution in [3.05, 3.63) is 53.9 Å². The summed E-state index contributed by atoms with van der Waals surface area (Å²) >= 11 is 0. The number of hydrogen-bond acceptors (Lipinski definition) is 7. The van der Waals surface area contributed by atoms with Gasteiger partial charge in [-0.25, -0.2) is 0 Å². The van der Waals surface area contributed by atoms with E-state index >= 15 is 0 Å². The molecule has 0 aliphatic carbocycles.